The van der Waals surface area contributed by atoms with Crippen LogP contribution < -0.4 is 10.6 Å². The van der Waals surface area contributed by atoms with Crippen molar-refractivity contribution in [1.82, 2.24) is 10.6 Å². The number of hydrogen-bond acceptors (Lipinski definition) is 3. The number of carbonyl (C=O) groups is 3. The summed E-state index contributed by atoms with van der Waals surface area (Å²) in [6.07, 6.45) is 0.358. The number of carboxylic acids is 1. The topological polar surface area (TPSA) is 95.5 Å². The van der Waals surface area contributed by atoms with Gasteiger partial charge >= 0.3 is 5.97 Å². The van der Waals surface area contributed by atoms with Gasteiger partial charge in [0.2, 0.25) is 11.8 Å². The van der Waals surface area contributed by atoms with Gasteiger partial charge in [0.15, 0.2) is 0 Å². The zero-order valence-electron chi connectivity index (χ0n) is 11.2. The monoisotopic (exact) mass is 258 g/mol. The molecule has 0 saturated heterocycles. The second kappa shape index (κ2) is 8.49. The van der Waals surface area contributed by atoms with Crippen molar-refractivity contribution in [2.24, 2.45) is 5.92 Å². The van der Waals surface area contributed by atoms with Crippen LogP contribution in [0.5, 0.6) is 0 Å². The van der Waals surface area contributed by atoms with Gasteiger partial charge in [-0.25, -0.2) is 0 Å². The van der Waals surface area contributed by atoms with Gasteiger partial charge in [-0.05, 0) is 19.3 Å². The van der Waals surface area contributed by atoms with Crippen molar-refractivity contribution in [2.45, 2.75) is 46.1 Å². The smallest absolute Gasteiger partial charge is 0.303 e. The lowest BCUT2D eigenvalue weighted by molar-refractivity contribution is -0.137. The first-order chi connectivity index (χ1) is 8.32. The third kappa shape index (κ3) is 8.55. The van der Waals surface area contributed by atoms with Crippen LogP contribution in [0.25, 0.3) is 0 Å². The van der Waals surface area contributed by atoms with E-state index in [1.165, 1.54) is 0 Å². The SMILES string of the molecule is CC(C)CNC(=O)C(C)NC(=O)CCCC(=O)O. The highest BCUT2D eigenvalue weighted by molar-refractivity contribution is 5.87. The Morgan fingerprint density at radius 1 is 1.11 bits per heavy atom. The van der Waals surface area contributed by atoms with Crippen molar-refractivity contribution in [3.63, 3.8) is 0 Å². The van der Waals surface area contributed by atoms with Crippen molar-refractivity contribution < 1.29 is 19.5 Å². The first-order valence-electron chi connectivity index (χ1n) is 6.11. The highest BCUT2D eigenvalue weighted by atomic mass is 16.4. The Morgan fingerprint density at radius 3 is 2.22 bits per heavy atom. The van der Waals surface area contributed by atoms with Crippen LogP contribution in [0.1, 0.15) is 40.0 Å². The molecule has 0 saturated carbocycles. The predicted molar refractivity (Wildman–Crippen MR) is 66.9 cm³/mol. The zero-order valence-corrected chi connectivity index (χ0v) is 11.2. The van der Waals surface area contributed by atoms with Gasteiger partial charge in [0.1, 0.15) is 6.04 Å². The third-order valence-corrected chi connectivity index (χ3v) is 2.25. The second-order valence-corrected chi connectivity index (χ2v) is 4.68. The van der Waals surface area contributed by atoms with Gasteiger partial charge in [-0.3, -0.25) is 14.4 Å². The maximum Gasteiger partial charge on any atom is 0.303 e. The number of nitrogens with one attached hydrogen (secondary N) is 2. The lowest BCUT2D eigenvalue weighted by Crippen LogP contribution is -2.45. The molecule has 0 aromatic carbocycles. The number of rotatable bonds is 8. The minimum Gasteiger partial charge on any atom is -0.481 e. The summed E-state index contributed by atoms with van der Waals surface area (Å²) in [7, 11) is 0. The fourth-order valence-electron chi connectivity index (χ4n) is 1.24. The molecule has 0 aromatic heterocycles. The van der Waals surface area contributed by atoms with Gasteiger partial charge in [0.25, 0.3) is 0 Å². The van der Waals surface area contributed by atoms with E-state index in [0.717, 1.165) is 0 Å². The van der Waals surface area contributed by atoms with E-state index in [-0.39, 0.29) is 31.1 Å². The number of hydrogen-bond donors (Lipinski definition) is 3. The van der Waals surface area contributed by atoms with Crippen LogP contribution >= 0.6 is 0 Å². The first-order valence-corrected chi connectivity index (χ1v) is 6.11. The highest BCUT2D eigenvalue weighted by Gasteiger charge is 2.15. The molecule has 1 atom stereocenters. The fourth-order valence-corrected chi connectivity index (χ4v) is 1.24. The normalized spacial score (nSPS) is 12.0. The zero-order chi connectivity index (χ0) is 14.1. The van der Waals surface area contributed by atoms with E-state index < -0.39 is 12.0 Å². The summed E-state index contributed by atoms with van der Waals surface area (Å²) in [6, 6.07) is -0.596. The first kappa shape index (κ1) is 16.4. The van der Waals surface area contributed by atoms with Crippen LogP contribution in [-0.4, -0.2) is 35.5 Å². The molecule has 18 heavy (non-hydrogen) atoms. The van der Waals surface area contributed by atoms with Crippen molar-refractivity contribution >= 4 is 17.8 Å². The quantitative estimate of drug-likeness (QED) is 0.591. The van der Waals surface area contributed by atoms with Gasteiger partial charge < -0.3 is 15.7 Å². The highest BCUT2D eigenvalue weighted by Crippen LogP contribution is 1.96. The van der Waals surface area contributed by atoms with Crippen molar-refractivity contribution in [2.75, 3.05) is 6.54 Å². The number of amides is 2. The average molecular weight is 258 g/mol. The minimum atomic E-state index is -0.925. The van der Waals surface area contributed by atoms with Crippen LogP contribution in [0.2, 0.25) is 0 Å². The van der Waals surface area contributed by atoms with Crippen LogP contribution in [-0.2, 0) is 14.4 Å². The molecule has 0 heterocycles. The molecule has 104 valence electrons. The molecule has 0 radical (unpaired) electrons. The lowest BCUT2D eigenvalue weighted by atomic mass is 10.2. The molecule has 6 nitrogen and oxygen atoms in total. The molecule has 3 N–H and O–H groups in total. The van der Waals surface area contributed by atoms with Crippen LogP contribution in [0.4, 0.5) is 0 Å². The molecule has 0 aliphatic heterocycles. The van der Waals surface area contributed by atoms with E-state index in [9.17, 15) is 14.4 Å². The summed E-state index contributed by atoms with van der Waals surface area (Å²) in [5.74, 6) is -1.10. The summed E-state index contributed by atoms with van der Waals surface area (Å²) >= 11 is 0. The summed E-state index contributed by atoms with van der Waals surface area (Å²) in [6.45, 7) is 6.13. The lowest BCUT2D eigenvalue weighted by Gasteiger charge is -2.15. The number of carboxylic acid groups (broad SMARTS) is 1. The third-order valence-electron chi connectivity index (χ3n) is 2.25. The fraction of sp³-hybridized carbons (Fsp3) is 0.750. The maximum atomic E-state index is 11.5. The van der Waals surface area contributed by atoms with Crippen LogP contribution in [0, 0.1) is 5.92 Å². The van der Waals surface area contributed by atoms with Crippen LogP contribution in [0.3, 0.4) is 0 Å². The molecule has 0 spiro atoms. The van der Waals surface area contributed by atoms with Gasteiger partial charge in [0, 0.05) is 19.4 Å². The Balaban J connectivity index is 3.84. The average Bonchev–Trinajstić information content (AvgIpc) is 2.24. The standard InChI is InChI=1S/C12H22N2O4/c1-8(2)7-13-12(18)9(3)14-10(15)5-4-6-11(16)17/h8-9H,4-7H2,1-3H3,(H,13,18)(H,14,15)(H,16,17). The Kier molecular flexibility index (Phi) is 7.74. The summed E-state index contributed by atoms with van der Waals surface area (Å²) in [5.41, 5.74) is 0. The summed E-state index contributed by atoms with van der Waals surface area (Å²) in [5, 5.41) is 13.7. The van der Waals surface area contributed by atoms with Crippen LogP contribution in [0.15, 0.2) is 0 Å². The molecular weight excluding hydrogens is 236 g/mol. The molecule has 0 rings (SSSR count). The van der Waals surface area contributed by atoms with E-state index >= 15 is 0 Å². The maximum absolute atomic E-state index is 11.5. The largest absolute Gasteiger partial charge is 0.481 e. The predicted octanol–water partition coefficient (Wildman–Crippen LogP) is 0.518. The summed E-state index contributed by atoms with van der Waals surface area (Å²) < 4.78 is 0. The van der Waals surface area contributed by atoms with Gasteiger partial charge in [-0.2, -0.15) is 0 Å². The van der Waals surface area contributed by atoms with Crippen molar-refractivity contribution in [1.29, 1.82) is 0 Å². The van der Waals surface area contributed by atoms with Gasteiger partial charge in [-0.1, -0.05) is 13.8 Å². The molecule has 1 unspecified atom stereocenters. The van der Waals surface area contributed by atoms with E-state index in [2.05, 4.69) is 10.6 Å². The molecule has 0 aliphatic rings. The molecule has 0 bridgehead atoms. The van der Waals surface area contributed by atoms with E-state index in [0.29, 0.717) is 12.5 Å². The molecule has 0 fully saturated rings. The van der Waals surface area contributed by atoms with E-state index in [4.69, 9.17) is 5.11 Å². The molecule has 6 heteroatoms. The van der Waals surface area contributed by atoms with Crippen molar-refractivity contribution in [3.8, 4) is 0 Å². The number of carbonyl (C=O) groups excluding carboxylic acids is 2. The Bertz CT molecular complexity index is 302. The van der Waals surface area contributed by atoms with Gasteiger partial charge in [-0.15, -0.1) is 0 Å². The van der Waals surface area contributed by atoms with Crippen molar-refractivity contribution in [3.05, 3.63) is 0 Å². The number of aliphatic carboxylic acids is 1. The Hall–Kier alpha value is -1.59. The second-order valence-electron chi connectivity index (χ2n) is 4.68. The Labute approximate surface area is 107 Å². The molecule has 2 amide bonds. The Morgan fingerprint density at radius 2 is 1.72 bits per heavy atom. The summed E-state index contributed by atoms with van der Waals surface area (Å²) in [4.78, 5) is 33.2. The minimum absolute atomic E-state index is 0.0403. The van der Waals surface area contributed by atoms with E-state index in [1.54, 1.807) is 6.92 Å². The molecule has 0 aliphatic carbocycles. The molecule has 0 aromatic rings. The van der Waals surface area contributed by atoms with E-state index in [1.807, 2.05) is 13.8 Å². The van der Waals surface area contributed by atoms with Gasteiger partial charge in [0.05, 0.1) is 0 Å². The molecular formula is C12H22N2O4.